The van der Waals surface area contributed by atoms with Crippen LogP contribution in [0, 0.1) is 5.82 Å². The normalized spacial score (nSPS) is 10.4. The summed E-state index contributed by atoms with van der Waals surface area (Å²) in [4.78, 5) is 23.7. The van der Waals surface area contributed by atoms with Gasteiger partial charge in [0.1, 0.15) is 18.2 Å². The maximum atomic E-state index is 12.9. The van der Waals surface area contributed by atoms with E-state index in [4.69, 9.17) is 10.6 Å². The molecule has 0 saturated carbocycles. The van der Waals surface area contributed by atoms with Crippen LogP contribution in [0.5, 0.6) is 5.75 Å². The number of ether oxygens (including phenoxy) is 1. The number of nitrogens with zero attached hydrogens (tertiary/aromatic N) is 3. The van der Waals surface area contributed by atoms with Gasteiger partial charge in [0, 0.05) is 6.54 Å². The zero-order chi connectivity index (χ0) is 21.3. The summed E-state index contributed by atoms with van der Waals surface area (Å²) in [5, 5.41) is 12.9. The number of nitrogens with two attached hydrogens (primary N) is 1. The Labute approximate surface area is 175 Å². The van der Waals surface area contributed by atoms with Crippen molar-refractivity contribution in [2.24, 2.45) is 0 Å². The summed E-state index contributed by atoms with van der Waals surface area (Å²) >= 11 is 1.02. The van der Waals surface area contributed by atoms with Crippen molar-refractivity contribution in [3.8, 4) is 5.75 Å². The number of carbonyl (C=O) groups excluding carboxylic acids is 2. The summed E-state index contributed by atoms with van der Waals surface area (Å²) in [7, 11) is 0. The number of urea groups is 1. The van der Waals surface area contributed by atoms with Gasteiger partial charge in [-0.05, 0) is 29.8 Å². The molecule has 156 valence electrons. The predicted molar refractivity (Wildman–Crippen MR) is 108 cm³/mol. The minimum absolute atomic E-state index is 0.0176. The summed E-state index contributed by atoms with van der Waals surface area (Å²) in [5.74, 6) is 5.74. The molecule has 0 atom stereocenters. The van der Waals surface area contributed by atoms with Crippen molar-refractivity contribution in [2.45, 2.75) is 18.3 Å². The third-order valence-corrected chi connectivity index (χ3v) is 4.74. The van der Waals surface area contributed by atoms with Crippen LogP contribution in [-0.2, 0) is 17.9 Å². The van der Waals surface area contributed by atoms with E-state index in [9.17, 15) is 14.0 Å². The highest BCUT2D eigenvalue weighted by molar-refractivity contribution is 7.99. The van der Waals surface area contributed by atoms with E-state index >= 15 is 0 Å². The molecule has 0 saturated heterocycles. The van der Waals surface area contributed by atoms with Crippen LogP contribution in [0.15, 0.2) is 59.8 Å². The largest absolute Gasteiger partial charge is 0.486 e. The first kappa shape index (κ1) is 21.1. The fourth-order valence-corrected chi connectivity index (χ4v) is 2.97. The van der Waals surface area contributed by atoms with E-state index in [-0.39, 0.29) is 23.3 Å². The SMILES string of the molecule is Nn1c(COc2ccc(F)cc2)nnc1SCC(=O)NC(=O)NCc1ccccc1. The van der Waals surface area contributed by atoms with Gasteiger partial charge in [-0.3, -0.25) is 10.1 Å². The van der Waals surface area contributed by atoms with Gasteiger partial charge in [0.05, 0.1) is 5.75 Å². The number of carbonyl (C=O) groups is 2. The lowest BCUT2D eigenvalue weighted by Crippen LogP contribution is -2.40. The first-order chi connectivity index (χ1) is 14.5. The van der Waals surface area contributed by atoms with Crippen LogP contribution in [0.1, 0.15) is 11.4 Å². The van der Waals surface area contributed by atoms with E-state index in [1.807, 2.05) is 30.3 Å². The number of thioether (sulfide) groups is 1. The molecule has 3 aromatic rings. The smallest absolute Gasteiger partial charge is 0.321 e. The van der Waals surface area contributed by atoms with Gasteiger partial charge in [-0.2, -0.15) is 0 Å². The average Bonchev–Trinajstić information content (AvgIpc) is 3.10. The minimum Gasteiger partial charge on any atom is -0.486 e. The second-order valence-corrected chi connectivity index (χ2v) is 6.96. The quantitative estimate of drug-likeness (QED) is 0.368. The molecule has 0 spiro atoms. The lowest BCUT2D eigenvalue weighted by atomic mass is 10.2. The Morgan fingerprint density at radius 3 is 2.57 bits per heavy atom. The van der Waals surface area contributed by atoms with E-state index in [0.717, 1.165) is 17.3 Å². The molecule has 0 aliphatic carbocycles. The molecule has 0 radical (unpaired) electrons. The maximum Gasteiger partial charge on any atom is 0.321 e. The molecule has 30 heavy (non-hydrogen) atoms. The number of aromatic nitrogens is 3. The van der Waals surface area contributed by atoms with E-state index in [1.165, 1.54) is 28.9 Å². The number of nitrogen functional groups attached to an aromatic ring is 1. The lowest BCUT2D eigenvalue weighted by molar-refractivity contribution is -0.117. The molecule has 2 aromatic carbocycles. The molecule has 3 amide bonds. The number of nitrogens with one attached hydrogen (secondary N) is 2. The van der Waals surface area contributed by atoms with Gasteiger partial charge in [-0.1, -0.05) is 42.1 Å². The molecule has 11 heteroatoms. The van der Waals surface area contributed by atoms with Crippen molar-refractivity contribution in [1.82, 2.24) is 25.5 Å². The summed E-state index contributed by atoms with van der Waals surface area (Å²) < 4.78 is 19.6. The Hall–Kier alpha value is -3.60. The minimum atomic E-state index is -0.591. The summed E-state index contributed by atoms with van der Waals surface area (Å²) in [6, 6.07) is 14.2. The summed E-state index contributed by atoms with van der Waals surface area (Å²) in [6.45, 7) is 0.325. The van der Waals surface area contributed by atoms with E-state index < -0.39 is 11.9 Å². The molecule has 0 aliphatic heterocycles. The van der Waals surface area contributed by atoms with E-state index in [0.29, 0.717) is 18.1 Å². The first-order valence-corrected chi connectivity index (χ1v) is 9.82. The van der Waals surface area contributed by atoms with Crippen LogP contribution in [0.25, 0.3) is 0 Å². The number of benzene rings is 2. The highest BCUT2D eigenvalue weighted by Crippen LogP contribution is 2.16. The van der Waals surface area contributed by atoms with Crippen LogP contribution in [-0.4, -0.2) is 32.6 Å². The molecule has 1 aromatic heterocycles. The average molecular weight is 430 g/mol. The van der Waals surface area contributed by atoms with Crippen molar-refractivity contribution in [2.75, 3.05) is 11.6 Å². The number of halogens is 1. The molecular weight excluding hydrogens is 411 g/mol. The highest BCUT2D eigenvalue weighted by atomic mass is 32.2. The standard InChI is InChI=1S/C19H19FN6O3S/c20-14-6-8-15(9-7-14)29-11-16-24-25-19(26(16)21)30-12-17(27)23-18(28)22-10-13-4-2-1-3-5-13/h1-9H,10-12,21H2,(H2,22,23,27,28). The molecule has 3 rings (SSSR count). The summed E-state index contributed by atoms with van der Waals surface area (Å²) in [6.07, 6.45) is 0. The van der Waals surface area contributed by atoms with Gasteiger partial charge in [-0.15, -0.1) is 10.2 Å². The molecule has 0 bridgehead atoms. The van der Waals surface area contributed by atoms with Gasteiger partial charge in [0.25, 0.3) is 0 Å². The number of imide groups is 1. The van der Waals surface area contributed by atoms with Crippen LogP contribution in [0.4, 0.5) is 9.18 Å². The number of hydrogen-bond donors (Lipinski definition) is 3. The van der Waals surface area contributed by atoms with Gasteiger partial charge in [-0.25, -0.2) is 13.9 Å². The second-order valence-electron chi connectivity index (χ2n) is 6.02. The number of amides is 3. The molecular formula is C19H19FN6O3S. The lowest BCUT2D eigenvalue weighted by Gasteiger charge is -2.07. The fraction of sp³-hybridized carbons (Fsp3) is 0.158. The third kappa shape index (κ3) is 6.21. The fourth-order valence-electron chi connectivity index (χ4n) is 2.30. The highest BCUT2D eigenvalue weighted by Gasteiger charge is 2.14. The van der Waals surface area contributed by atoms with Crippen molar-refractivity contribution >= 4 is 23.7 Å². The van der Waals surface area contributed by atoms with Crippen molar-refractivity contribution in [3.63, 3.8) is 0 Å². The molecule has 0 fully saturated rings. The van der Waals surface area contributed by atoms with Crippen LogP contribution in [0.3, 0.4) is 0 Å². The summed E-state index contributed by atoms with van der Waals surface area (Å²) in [5.41, 5.74) is 0.918. The Kier molecular flexibility index (Phi) is 7.22. The molecule has 0 aliphatic rings. The van der Waals surface area contributed by atoms with Crippen molar-refractivity contribution in [3.05, 3.63) is 71.8 Å². The zero-order valence-corrected chi connectivity index (χ0v) is 16.6. The predicted octanol–water partition coefficient (Wildman–Crippen LogP) is 1.83. The number of rotatable bonds is 8. The molecule has 1 heterocycles. The Balaban J connectivity index is 1.42. The Morgan fingerprint density at radius 1 is 1.10 bits per heavy atom. The molecule has 9 nitrogen and oxygen atoms in total. The third-order valence-electron chi connectivity index (χ3n) is 3.80. The maximum absolute atomic E-state index is 12.9. The molecule has 0 unspecified atom stereocenters. The Bertz CT molecular complexity index is 997. The van der Waals surface area contributed by atoms with Crippen LogP contribution < -0.4 is 21.2 Å². The first-order valence-electron chi connectivity index (χ1n) is 8.83. The van der Waals surface area contributed by atoms with Crippen LogP contribution in [0.2, 0.25) is 0 Å². The van der Waals surface area contributed by atoms with Gasteiger partial charge < -0.3 is 15.9 Å². The van der Waals surface area contributed by atoms with Gasteiger partial charge in [0.2, 0.25) is 11.1 Å². The van der Waals surface area contributed by atoms with Crippen LogP contribution >= 0.6 is 11.8 Å². The van der Waals surface area contributed by atoms with Crippen molar-refractivity contribution < 1.29 is 18.7 Å². The monoisotopic (exact) mass is 430 g/mol. The van der Waals surface area contributed by atoms with E-state index in [1.54, 1.807) is 0 Å². The van der Waals surface area contributed by atoms with Gasteiger partial charge >= 0.3 is 6.03 Å². The van der Waals surface area contributed by atoms with Crippen molar-refractivity contribution in [1.29, 1.82) is 0 Å². The number of hydrogen-bond acceptors (Lipinski definition) is 7. The molecule has 4 N–H and O–H groups in total. The topological polar surface area (TPSA) is 124 Å². The Morgan fingerprint density at radius 2 is 1.83 bits per heavy atom. The van der Waals surface area contributed by atoms with Gasteiger partial charge in [0.15, 0.2) is 5.82 Å². The zero-order valence-electron chi connectivity index (χ0n) is 15.7. The second kappa shape index (κ2) is 10.3. The van der Waals surface area contributed by atoms with E-state index in [2.05, 4.69) is 20.8 Å².